The molecule has 0 fully saturated rings. The van der Waals surface area contributed by atoms with Gasteiger partial charge in [-0.15, -0.1) is 0 Å². The summed E-state index contributed by atoms with van der Waals surface area (Å²) in [6.07, 6.45) is 10.8. The first kappa shape index (κ1) is 23.4. The van der Waals surface area contributed by atoms with Gasteiger partial charge in [-0.1, -0.05) is 26.8 Å². The van der Waals surface area contributed by atoms with Gasteiger partial charge in [-0.25, -0.2) is 15.0 Å². The molecule has 6 aromatic heterocycles. The van der Waals surface area contributed by atoms with Gasteiger partial charge in [-0.05, 0) is 29.7 Å². The number of imidazole rings is 1. The molecule has 6 rings (SSSR count). The molecule has 0 saturated carbocycles. The monoisotopic (exact) mass is 503 g/mol. The maximum absolute atomic E-state index is 12.4. The van der Waals surface area contributed by atoms with Crippen molar-refractivity contribution in [2.45, 2.75) is 27.2 Å². The molecule has 0 saturated heterocycles. The van der Waals surface area contributed by atoms with Crippen molar-refractivity contribution in [3.8, 4) is 33.8 Å². The Kier molecular flexibility index (Phi) is 5.64. The van der Waals surface area contributed by atoms with E-state index in [1.165, 1.54) is 0 Å². The van der Waals surface area contributed by atoms with E-state index >= 15 is 0 Å². The van der Waals surface area contributed by atoms with Crippen molar-refractivity contribution in [2.75, 3.05) is 5.32 Å². The molecule has 0 unspecified atom stereocenters. The minimum absolute atomic E-state index is 0.0497. The minimum atomic E-state index is -0.104. The maximum Gasteiger partial charge on any atom is 0.224 e. The molecule has 6 aromatic rings. The molecule has 0 aromatic carbocycles. The fourth-order valence-electron chi connectivity index (χ4n) is 4.37. The molecule has 38 heavy (non-hydrogen) atoms. The number of carbonyl (C=O) groups excluding carboxylic acids is 1. The molecule has 0 bridgehead atoms. The van der Waals surface area contributed by atoms with Gasteiger partial charge in [0.25, 0.3) is 0 Å². The van der Waals surface area contributed by atoms with Crippen LogP contribution in [-0.4, -0.2) is 46.0 Å². The van der Waals surface area contributed by atoms with E-state index in [1.807, 2.05) is 51.1 Å². The smallest absolute Gasteiger partial charge is 0.224 e. The molecule has 3 N–H and O–H groups in total. The summed E-state index contributed by atoms with van der Waals surface area (Å²) in [6, 6.07) is 9.68. The lowest BCUT2D eigenvalue weighted by molar-refractivity contribution is -0.117. The van der Waals surface area contributed by atoms with Crippen LogP contribution in [0.15, 0.2) is 67.5 Å². The molecule has 10 nitrogen and oxygen atoms in total. The predicted octanol–water partition coefficient (Wildman–Crippen LogP) is 5.39. The van der Waals surface area contributed by atoms with Crippen LogP contribution >= 0.6 is 0 Å². The Morgan fingerprint density at radius 2 is 1.76 bits per heavy atom. The van der Waals surface area contributed by atoms with Gasteiger partial charge in [0.05, 0.1) is 17.3 Å². The van der Waals surface area contributed by atoms with Gasteiger partial charge in [0.2, 0.25) is 5.91 Å². The Hall–Kier alpha value is -4.99. The average Bonchev–Trinajstić information content (AvgIpc) is 3.51. The lowest BCUT2D eigenvalue weighted by Crippen LogP contribution is -2.19. The van der Waals surface area contributed by atoms with Crippen molar-refractivity contribution in [1.82, 2.24) is 40.1 Å². The molecule has 10 heteroatoms. The summed E-state index contributed by atoms with van der Waals surface area (Å²) in [4.78, 5) is 38.1. The number of fused-ring (bicyclic) bond motifs is 2. The fourth-order valence-corrected chi connectivity index (χ4v) is 4.37. The topological polar surface area (TPSA) is 138 Å². The van der Waals surface area contributed by atoms with Crippen molar-refractivity contribution in [3.63, 3.8) is 0 Å². The second-order valence-corrected chi connectivity index (χ2v) is 10.3. The van der Waals surface area contributed by atoms with Gasteiger partial charge < -0.3 is 10.3 Å². The third-order valence-electron chi connectivity index (χ3n) is 6.04. The van der Waals surface area contributed by atoms with E-state index in [2.05, 4.69) is 40.4 Å². The number of hydrogen-bond donors (Lipinski definition) is 3. The Morgan fingerprint density at radius 1 is 0.921 bits per heavy atom. The maximum atomic E-state index is 12.4. The number of nitrogens with zero attached hydrogens (tertiary/aromatic N) is 6. The summed E-state index contributed by atoms with van der Waals surface area (Å²) >= 11 is 0. The first-order valence-corrected chi connectivity index (χ1v) is 12.2. The highest BCUT2D eigenvalue weighted by Crippen LogP contribution is 2.32. The summed E-state index contributed by atoms with van der Waals surface area (Å²) in [5, 5.41) is 11.2. The molecule has 0 aliphatic carbocycles. The highest BCUT2D eigenvalue weighted by Gasteiger charge is 2.18. The Labute approximate surface area is 218 Å². The zero-order valence-electron chi connectivity index (χ0n) is 21.1. The first-order chi connectivity index (χ1) is 18.3. The van der Waals surface area contributed by atoms with Crippen molar-refractivity contribution >= 4 is 33.8 Å². The van der Waals surface area contributed by atoms with Crippen LogP contribution in [0.3, 0.4) is 0 Å². The minimum Gasteiger partial charge on any atom is -0.325 e. The average molecular weight is 504 g/mol. The van der Waals surface area contributed by atoms with Crippen LogP contribution in [0.4, 0.5) is 5.69 Å². The summed E-state index contributed by atoms with van der Waals surface area (Å²) in [5.74, 6) is 0.529. The largest absolute Gasteiger partial charge is 0.325 e. The number of carbonyl (C=O) groups is 1. The Bertz CT molecular complexity index is 1780. The number of H-pyrrole nitrogens is 2. The highest BCUT2D eigenvalue weighted by atomic mass is 16.1. The van der Waals surface area contributed by atoms with Gasteiger partial charge in [-0.3, -0.25) is 19.9 Å². The molecular weight excluding hydrogens is 478 g/mol. The van der Waals surface area contributed by atoms with E-state index in [0.717, 1.165) is 33.2 Å². The lowest BCUT2D eigenvalue weighted by atomic mass is 9.92. The number of aromatic amines is 2. The number of amides is 1. The molecule has 6 heterocycles. The van der Waals surface area contributed by atoms with Crippen LogP contribution in [-0.2, 0) is 4.79 Å². The fraction of sp³-hybridized carbons (Fsp3) is 0.179. The van der Waals surface area contributed by atoms with Crippen LogP contribution in [0.5, 0.6) is 0 Å². The molecule has 0 atom stereocenters. The number of nitrogens with one attached hydrogen (secondary N) is 3. The second-order valence-electron chi connectivity index (χ2n) is 10.3. The van der Waals surface area contributed by atoms with Crippen LogP contribution < -0.4 is 5.32 Å². The van der Waals surface area contributed by atoms with Crippen LogP contribution in [0.2, 0.25) is 0 Å². The number of aromatic nitrogens is 8. The van der Waals surface area contributed by atoms with Crippen molar-refractivity contribution in [3.05, 3.63) is 67.5 Å². The Morgan fingerprint density at radius 3 is 2.58 bits per heavy atom. The summed E-state index contributed by atoms with van der Waals surface area (Å²) < 4.78 is 0. The SMILES string of the molecule is CC(C)(C)CC(=O)Nc1cncc(-c2cnc3[nH]nc(-c4nc5c(-c6cccnc6)ccnc5[nH]4)c3c2)c1. The van der Waals surface area contributed by atoms with Gasteiger partial charge >= 0.3 is 0 Å². The third-order valence-corrected chi connectivity index (χ3v) is 6.04. The molecule has 0 spiro atoms. The molecular formula is C28H25N9O. The summed E-state index contributed by atoms with van der Waals surface area (Å²) in [7, 11) is 0. The Balaban J connectivity index is 1.36. The van der Waals surface area contributed by atoms with Gasteiger partial charge in [0, 0.05) is 59.7 Å². The number of pyridine rings is 4. The van der Waals surface area contributed by atoms with Crippen molar-refractivity contribution in [2.24, 2.45) is 5.41 Å². The van der Waals surface area contributed by atoms with E-state index in [4.69, 9.17) is 4.98 Å². The molecule has 0 radical (unpaired) electrons. The summed E-state index contributed by atoms with van der Waals surface area (Å²) in [5.41, 5.74) is 6.73. The zero-order chi connectivity index (χ0) is 26.3. The molecule has 188 valence electrons. The molecule has 0 aliphatic rings. The molecule has 1 amide bonds. The van der Waals surface area contributed by atoms with E-state index < -0.39 is 0 Å². The second kappa shape index (κ2) is 9.15. The van der Waals surface area contributed by atoms with Crippen molar-refractivity contribution in [1.29, 1.82) is 0 Å². The lowest BCUT2D eigenvalue weighted by Gasteiger charge is -2.17. The van der Waals surface area contributed by atoms with E-state index in [0.29, 0.717) is 34.9 Å². The van der Waals surface area contributed by atoms with E-state index in [-0.39, 0.29) is 11.3 Å². The quantitative estimate of drug-likeness (QED) is 0.286. The number of anilines is 1. The van der Waals surface area contributed by atoms with Crippen LogP contribution in [0.25, 0.3) is 56.0 Å². The van der Waals surface area contributed by atoms with Crippen molar-refractivity contribution < 1.29 is 4.79 Å². The standard InChI is InChI=1S/C28H25N9O/c1-28(2,3)11-22(38)33-19-9-17(13-30-15-19)18-10-21-24(36-37-25(21)32-14-18)27-34-23-20(6-8-31-26(23)35-27)16-5-4-7-29-12-16/h4-10,12-15H,11H2,1-3H3,(H,33,38)(H,31,34,35)(H,32,36,37). The first-order valence-electron chi connectivity index (χ1n) is 12.2. The summed E-state index contributed by atoms with van der Waals surface area (Å²) in [6.45, 7) is 6.09. The number of rotatable bonds is 5. The van der Waals surface area contributed by atoms with Crippen LogP contribution in [0, 0.1) is 5.41 Å². The van der Waals surface area contributed by atoms with Crippen LogP contribution in [0.1, 0.15) is 27.2 Å². The predicted molar refractivity (Wildman–Crippen MR) is 146 cm³/mol. The zero-order valence-corrected chi connectivity index (χ0v) is 21.1. The van der Waals surface area contributed by atoms with E-state index in [1.54, 1.807) is 37.2 Å². The highest BCUT2D eigenvalue weighted by molar-refractivity contribution is 5.96. The van der Waals surface area contributed by atoms with Gasteiger partial charge in [0.1, 0.15) is 11.2 Å². The normalized spacial score (nSPS) is 11.8. The van der Waals surface area contributed by atoms with Gasteiger partial charge in [0.15, 0.2) is 17.1 Å². The van der Waals surface area contributed by atoms with Gasteiger partial charge in [-0.2, -0.15) is 5.10 Å². The third kappa shape index (κ3) is 4.59. The number of hydrogen-bond acceptors (Lipinski definition) is 7. The van der Waals surface area contributed by atoms with E-state index in [9.17, 15) is 4.79 Å². The molecule has 0 aliphatic heterocycles.